The lowest BCUT2D eigenvalue weighted by Gasteiger charge is -2.24. The van der Waals surface area contributed by atoms with Crippen LogP contribution in [0.15, 0.2) is 24.3 Å². The number of thiol groups is 2. The quantitative estimate of drug-likeness (QED) is 0.145. The summed E-state index contributed by atoms with van der Waals surface area (Å²) in [4.78, 5) is 40.3. The molecule has 0 atom stereocenters. The number of unbranched alkanes of at least 4 members (excludes halogenated alkanes) is 1. The Kier molecular flexibility index (Phi) is 12.1. The molecular formula is C26H41N3O5S2. The van der Waals surface area contributed by atoms with E-state index in [4.69, 9.17) is 9.57 Å². The molecule has 0 radical (unpaired) electrons. The maximum atomic E-state index is 12.2. The van der Waals surface area contributed by atoms with Gasteiger partial charge in [0.1, 0.15) is 5.75 Å². The topological polar surface area (TPSA) is 97.0 Å². The normalized spacial score (nSPS) is 14.6. The first-order chi connectivity index (χ1) is 16.8. The van der Waals surface area contributed by atoms with Crippen molar-refractivity contribution in [3.05, 3.63) is 29.8 Å². The molecule has 10 heteroatoms. The minimum Gasteiger partial charge on any atom is -0.494 e. The molecule has 202 valence electrons. The number of amides is 2. The van der Waals surface area contributed by atoms with E-state index in [0.717, 1.165) is 45.4 Å². The third-order valence-electron chi connectivity index (χ3n) is 5.53. The lowest BCUT2D eigenvalue weighted by atomic mass is 10.0. The molecule has 2 N–H and O–H groups in total. The van der Waals surface area contributed by atoms with Gasteiger partial charge in [-0.3, -0.25) is 9.59 Å². The number of imide groups is 1. The van der Waals surface area contributed by atoms with Crippen LogP contribution < -0.4 is 15.4 Å². The number of carbonyl (C=O) groups excluding carboxylic acids is 3. The molecule has 0 unspecified atom stereocenters. The largest absolute Gasteiger partial charge is 0.494 e. The van der Waals surface area contributed by atoms with Gasteiger partial charge in [0.15, 0.2) is 0 Å². The summed E-state index contributed by atoms with van der Waals surface area (Å²) in [5, 5.41) is 7.62. The van der Waals surface area contributed by atoms with Crippen LogP contribution in [-0.2, 0) is 14.4 Å². The van der Waals surface area contributed by atoms with Gasteiger partial charge in [0.05, 0.1) is 12.2 Å². The number of hydrogen-bond acceptors (Lipinski definition) is 9. The van der Waals surface area contributed by atoms with Crippen molar-refractivity contribution in [3.63, 3.8) is 0 Å². The predicted octanol–water partition coefficient (Wildman–Crippen LogP) is 3.67. The Morgan fingerprint density at radius 3 is 1.97 bits per heavy atom. The van der Waals surface area contributed by atoms with Gasteiger partial charge in [-0.15, -0.1) is 5.06 Å². The number of ether oxygens (including phenoxy) is 1. The predicted molar refractivity (Wildman–Crippen MR) is 148 cm³/mol. The van der Waals surface area contributed by atoms with Crippen molar-refractivity contribution < 1.29 is 24.0 Å². The third kappa shape index (κ3) is 12.0. The van der Waals surface area contributed by atoms with E-state index in [1.807, 2.05) is 0 Å². The van der Waals surface area contributed by atoms with Gasteiger partial charge in [0.2, 0.25) is 0 Å². The molecule has 8 nitrogen and oxygen atoms in total. The van der Waals surface area contributed by atoms with Gasteiger partial charge in [0.25, 0.3) is 11.8 Å². The molecular weight excluding hydrogens is 498 g/mol. The highest BCUT2D eigenvalue weighted by atomic mass is 32.1. The molecule has 1 aromatic carbocycles. The van der Waals surface area contributed by atoms with Crippen molar-refractivity contribution in [1.29, 1.82) is 0 Å². The SMILES string of the molecule is CC(C)(S)CNCC(CCCCOc1ccc(C(=O)ON2C(=O)CCC2=O)cc1)CNCC(C)(C)S. The summed E-state index contributed by atoms with van der Waals surface area (Å²) in [5.41, 5.74) is 0.242. The number of hydrogen-bond donors (Lipinski definition) is 4. The molecule has 0 saturated carbocycles. The van der Waals surface area contributed by atoms with Gasteiger partial charge in [-0.05, 0) is 90.2 Å². The Balaban J connectivity index is 1.72. The van der Waals surface area contributed by atoms with Crippen LogP contribution in [0.25, 0.3) is 0 Å². The Morgan fingerprint density at radius 2 is 1.47 bits per heavy atom. The summed E-state index contributed by atoms with van der Waals surface area (Å²) >= 11 is 9.18. The monoisotopic (exact) mass is 539 g/mol. The van der Waals surface area contributed by atoms with E-state index >= 15 is 0 Å². The highest BCUT2D eigenvalue weighted by molar-refractivity contribution is 7.82. The number of rotatable bonds is 16. The molecule has 1 aromatic rings. The first-order valence-electron chi connectivity index (χ1n) is 12.5. The van der Waals surface area contributed by atoms with E-state index in [0.29, 0.717) is 23.3 Å². The summed E-state index contributed by atoms with van der Waals surface area (Å²) in [7, 11) is 0. The summed E-state index contributed by atoms with van der Waals surface area (Å²) in [6.45, 7) is 12.5. The van der Waals surface area contributed by atoms with Crippen molar-refractivity contribution >= 4 is 43.0 Å². The van der Waals surface area contributed by atoms with Crippen molar-refractivity contribution in [2.45, 2.75) is 69.3 Å². The molecule has 0 aromatic heterocycles. The molecule has 2 rings (SSSR count). The maximum absolute atomic E-state index is 12.2. The average molecular weight is 540 g/mol. The van der Waals surface area contributed by atoms with Crippen LogP contribution in [0.1, 0.15) is 70.2 Å². The van der Waals surface area contributed by atoms with E-state index in [2.05, 4.69) is 63.6 Å². The van der Waals surface area contributed by atoms with Crippen LogP contribution >= 0.6 is 25.3 Å². The summed E-state index contributed by atoms with van der Waals surface area (Å²) in [5.74, 6) is -0.611. The van der Waals surface area contributed by atoms with E-state index < -0.39 is 17.8 Å². The number of carbonyl (C=O) groups is 3. The summed E-state index contributed by atoms with van der Waals surface area (Å²) in [6.07, 6.45) is 3.14. The van der Waals surface area contributed by atoms with E-state index in [1.54, 1.807) is 24.3 Å². The maximum Gasteiger partial charge on any atom is 0.363 e. The summed E-state index contributed by atoms with van der Waals surface area (Å²) in [6, 6.07) is 6.47. The molecule has 1 heterocycles. The van der Waals surface area contributed by atoms with Gasteiger partial charge < -0.3 is 20.2 Å². The van der Waals surface area contributed by atoms with E-state index in [1.165, 1.54) is 0 Å². The molecule has 1 aliphatic rings. The fourth-order valence-corrected chi connectivity index (χ4v) is 3.87. The smallest absolute Gasteiger partial charge is 0.363 e. The fraction of sp³-hybridized carbons (Fsp3) is 0.654. The lowest BCUT2D eigenvalue weighted by molar-refractivity contribution is -0.172. The van der Waals surface area contributed by atoms with Crippen molar-refractivity contribution in [1.82, 2.24) is 15.7 Å². The molecule has 36 heavy (non-hydrogen) atoms. The van der Waals surface area contributed by atoms with Gasteiger partial charge >= 0.3 is 5.97 Å². The molecule has 1 aliphatic heterocycles. The minimum atomic E-state index is -0.749. The highest BCUT2D eigenvalue weighted by Crippen LogP contribution is 2.18. The average Bonchev–Trinajstić information content (AvgIpc) is 3.09. The van der Waals surface area contributed by atoms with Crippen molar-refractivity contribution in [2.75, 3.05) is 32.8 Å². The van der Waals surface area contributed by atoms with Crippen LogP contribution in [0.5, 0.6) is 5.75 Å². The zero-order chi connectivity index (χ0) is 26.8. The number of nitrogens with zero attached hydrogens (tertiary/aromatic N) is 1. The van der Waals surface area contributed by atoms with Crippen molar-refractivity contribution in [3.8, 4) is 5.75 Å². The van der Waals surface area contributed by atoms with Crippen molar-refractivity contribution in [2.24, 2.45) is 5.92 Å². The van der Waals surface area contributed by atoms with E-state index in [9.17, 15) is 14.4 Å². The Labute approximate surface area is 226 Å². The number of nitrogens with one attached hydrogen (secondary N) is 2. The van der Waals surface area contributed by atoms with Crippen LogP contribution in [0.4, 0.5) is 0 Å². The molecule has 2 amide bonds. The van der Waals surface area contributed by atoms with Crippen LogP contribution in [0.2, 0.25) is 0 Å². The number of benzene rings is 1. The molecule has 0 spiro atoms. The molecule has 1 fully saturated rings. The number of hydroxylamine groups is 2. The van der Waals surface area contributed by atoms with Gasteiger partial charge in [-0.1, -0.05) is 0 Å². The Bertz CT molecular complexity index is 830. The van der Waals surface area contributed by atoms with E-state index in [-0.39, 0.29) is 27.9 Å². The lowest BCUT2D eigenvalue weighted by Crippen LogP contribution is -2.39. The highest BCUT2D eigenvalue weighted by Gasteiger charge is 2.33. The fourth-order valence-electron chi connectivity index (χ4n) is 3.65. The minimum absolute atomic E-state index is 0.0474. The van der Waals surface area contributed by atoms with Crippen LogP contribution in [-0.4, -0.2) is 65.1 Å². The Morgan fingerprint density at radius 1 is 0.944 bits per heavy atom. The summed E-state index contributed by atoms with van der Waals surface area (Å²) < 4.78 is 5.72. The molecule has 0 aliphatic carbocycles. The molecule has 0 bridgehead atoms. The van der Waals surface area contributed by atoms with Gasteiger partial charge in [0, 0.05) is 35.4 Å². The second-order valence-corrected chi connectivity index (χ2v) is 13.0. The Hall–Kier alpha value is -1.75. The van der Waals surface area contributed by atoms with Gasteiger partial charge in [-0.2, -0.15) is 25.3 Å². The zero-order valence-corrected chi connectivity index (χ0v) is 23.6. The van der Waals surface area contributed by atoms with Crippen LogP contribution in [0.3, 0.4) is 0 Å². The van der Waals surface area contributed by atoms with Gasteiger partial charge in [-0.25, -0.2) is 4.79 Å². The second kappa shape index (κ2) is 14.3. The third-order valence-corrected chi connectivity index (χ3v) is 5.84. The molecule has 1 saturated heterocycles. The van der Waals surface area contributed by atoms with Crippen LogP contribution in [0, 0.1) is 5.92 Å². The second-order valence-electron chi connectivity index (χ2n) is 10.6. The standard InChI is InChI=1S/C26H41N3O5S2/c1-25(2,35)17-27-15-19(16-28-18-26(3,4)36)7-5-6-14-33-21-10-8-20(9-11-21)24(32)34-29-22(30)12-13-23(29)31/h8-11,19,27-28,35-36H,5-7,12-18H2,1-4H3. The first kappa shape index (κ1) is 30.5. The first-order valence-corrected chi connectivity index (χ1v) is 13.4. The zero-order valence-electron chi connectivity index (χ0n) is 21.8.